The predicted molar refractivity (Wildman–Crippen MR) is 81.8 cm³/mol. The van der Waals surface area contributed by atoms with Gasteiger partial charge in [-0.1, -0.05) is 5.10 Å². The number of carbonyl (C=O) groups is 1. The highest BCUT2D eigenvalue weighted by atomic mass is 16.4. The highest BCUT2D eigenvalue weighted by molar-refractivity contribution is 6.01. The SMILES string of the molecule is CCn1nc(C)cc1C(=O)Nc1nnc(-c2cc(C)n(C)n2)o1. The second-order valence-corrected chi connectivity index (χ2v) is 5.15. The summed E-state index contributed by atoms with van der Waals surface area (Å²) in [6.45, 7) is 6.26. The second kappa shape index (κ2) is 5.67. The van der Waals surface area contributed by atoms with Gasteiger partial charge in [-0.15, -0.1) is 5.10 Å². The van der Waals surface area contributed by atoms with Gasteiger partial charge in [-0.05, 0) is 32.9 Å². The van der Waals surface area contributed by atoms with Crippen molar-refractivity contribution in [1.29, 1.82) is 0 Å². The van der Waals surface area contributed by atoms with Crippen LogP contribution in [0.25, 0.3) is 11.6 Å². The first kappa shape index (κ1) is 14.9. The molecule has 3 rings (SSSR count). The predicted octanol–water partition coefficient (Wildman–Crippen LogP) is 1.56. The summed E-state index contributed by atoms with van der Waals surface area (Å²) in [6.07, 6.45) is 0. The van der Waals surface area contributed by atoms with Gasteiger partial charge in [0.1, 0.15) is 11.4 Å². The second-order valence-electron chi connectivity index (χ2n) is 5.15. The van der Waals surface area contributed by atoms with Crippen molar-refractivity contribution in [3.63, 3.8) is 0 Å². The highest BCUT2D eigenvalue weighted by Crippen LogP contribution is 2.19. The Morgan fingerprint density at radius 2 is 2.04 bits per heavy atom. The smallest absolute Gasteiger partial charge is 0.322 e. The third-order valence-electron chi connectivity index (χ3n) is 3.41. The minimum absolute atomic E-state index is 0.0230. The van der Waals surface area contributed by atoms with E-state index < -0.39 is 0 Å². The molecule has 3 heterocycles. The molecule has 9 heteroatoms. The molecule has 23 heavy (non-hydrogen) atoms. The lowest BCUT2D eigenvalue weighted by Gasteiger charge is -2.02. The zero-order valence-corrected chi connectivity index (χ0v) is 13.4. The lowest BCUT2D eigenvalue weighted by Crippen LogP contribution is -2.17. The third-order valence-corrected chi connectivity index (χ3v) is 3.41. The molecule has 0 aliphatic carbocycles. The topological polar surface area (TPSA) is 104 Å². The lowest BCUT2D eigenvalue weighted by atomic mass is 10.3. The first-order chi connectivity index (χ1) is 11.0. The van der Waals surface area contributed by atoms with Crippen LogP contribution >= 0.6 is 0 Å². The molecule has 0 aliphatic heterocycles. The Bertz CT molecular complexity index is 839. The average molecular weight is 315 g/mol. The summed E-state index contributed by atoms with van der Waals surface area (Å²) in [4.78, 5) is 12.3. The van der Waals surface area contributed by atoms with Crippen LogP contribution in [0.1, 0.15) is 28.8 Å². The molecule has 0 atom stereocenters. The molecule has 0 aromatic carbocycles. The van der Waals surface area contributed by atoms with Gasteiger partial charge in [0.2, 0.25) is 0 Å². The van der Waals surface area contributed by atoms with E-state index in [0.29, 0.717) is 17.9 Å². The molecule has 0 unspecified atom stereocenters. The Morgan fingerprint density at radius 3 is 2.70 bits per heavy atom. The van der Waals surface area contributed by atoms with Gasteiger partial charge in [0.15, 0.2) is 0 Å². The number of amides is 1. The van der Waals surface area contributed by atoms with E-state index in [0.717, 1.165) is 11.4 Å². The minimum atomic E-state index is -0.347. The highest BCUT2D eigenvalue weighted by Gasteiger charge is 2.18. The molecule has 0 aliphatic rings. The van der Waals surface area contributed by atoms with E-state index in [4.69, 9.17) is 4.42 Å². The van der Waals surface area contributed by atoms with Crippen molar-refractivity contribution in [2.45, 2.75) is 27.3 Å². The van der Waals surface area contributed by atoms with E-state index in [1.807, 2.05) is 33.9 Å². The summed E-state index contributed by atoms with van der Waals surface area (Å²) < 4.78 is 8.77. The quantitative estimate of drug-likeness (QED) is 0.783. The molecule has 120 valence electrons. The Labute approximate surface area is 132 Å². The minimum Gasteiger partial charge on any atom is -0.401 e. The molecule has 0 radical (unpaired) electrons. The van der Waals surface area contributed by atoms with Crippen LogP contribution < -0.4 is 5.32 Å². The third kappa shape index (κ3) is 2.85. The molecule has 1 amide bonds. The van der Waals surface area contributed by atoms with E-state index >= 15 is 0 Å². The van der Waals surface area contributed by atoms with Gasteiger partial charge >= 0.3 is 6.01 Å². The Morgan fingerprint density at radius 1 is 1.26 bits per heavy atom. The van der Waals surface area contributed by atoms with Crippen LogP contribution in [0.3, 0.4) is 0 Å². The van der Waals surface area contributed by atoms with Gasteiger partial charge in [-0.3, -0.25) is 19.5 Å². The number of aryl methyl sites for hydroxylation is 4. The zero-order chi connectivity index (χ0) is 16.6. The van der Waals surface area contributed by atoms with Crippen LogP contribution in [0.5, 0.6) is 0 Å². The summed E-state index contributed by atoms with van der Waals surface area (Å²) in [5.74, 6) is -0.0935. The molecule has 9 nitrogen and oxygen atoms in total. The average Bonchev–Trinajstić information content (AvgIpc) is 3.19. The van der Waals surface area contributed by atoms with Crippen molar-refractivity contribution in [3.05, 3.63) is 29.2 Å². The van der Waals surface area contributed by atoms with Gasteiger partial charge in [0, 0.05) is 19.3 Å². The Kier molecular flexibility index (Phi) is 3.68. The molecule has 1 N–H and O–H groups in total. The van der Waals surface area contributed by atoms with E-state index in [9.17, 15) is 4.79 Å². The number of nitrogens with one attached hydrogen (secondary N) is 1. The molecule has 0 fully saturated rings. The molecule has 0 saturated heterocycles. The molecular weight excluding hydrogens is 298 g/mol. The summed E-state index contributed by atoms with van der Waals surface area (Å²) in [7, 11) is 1.83. The van der Waals surface area contributed by atoms with Crippen molar-refractivity contribution in [2.75, 3.05) is 5.32 Å². The largest absolute Gasteiger partial charge is 0.401 e. The Balaban J connectivity index is 1.80. The number of aromatic nitrogens is 6. The van der Waals surface area contributed by atoms with Gasteiger partial charge in [0.05, 0.1) is 5.69 Å². The summed E-state index contributed by atoms with van der Waals surface area (Å²) in [6, 6.07) is 3.56. The summed E-state index contributed by atoms with van der Waals surface area (Å²) >= 11 is 0. The maximum atomic E-state index is 12.3. The van der Waals surface area contributed by atoms with E-state index in [-0.39, 0.29) is 17.8 Å². The van der Waals surface area contributed by atoms with Crippen molar-refractivity contribution in [3.8, 4) is 11.6 Å². The van der Waals surface area contributed by atoms with Gasteiger partial charge in [-0.25, -0.2) is 0 Å². The van der Waals surface area contributed by atoms with E-state index in [1.165, 1.54) is 0 Å². The number of anilines is 1. The van der Waals surface area contributed by atoms with E-state index in [1.54, 1.807) is 15.4 Å². The van der Waals surface area contributed by atoms with Crippen molar-refractivity contribution < 1.29 is 9.21 Å². The summed E-state index contributed by atoms with van der Waals surface area (Å²) in [5, 5.41) is 18.8. The molecular formula is C14H17N7O2. The fourth-order valence-corrected chi connectivity index (χ4v) is 2.17. The fourth-order valence-electron chi connectivity index (χ4n) is 2.17. The van der Waals surface area contributed by atoms with Crippen LogP contribution in [-0.4, -0.2) is 35.7 Å². The fraction of sp³-hybridized carbons (Fsp3) is 0.357. The standard InChI is InChI=1S/C14H17N7O2/c1-5-21-11(6-8(2)18-21)12(22)15-14-17-16-13(23-14)10-7-9(3)20(4)19-10/h6-7H,5H2,1-4H3,(H,15,17,22). The van der Waals surface area contributed by atoms with Crippen molar-refractivity contribution >= 4 is 11.9 Å². The van der Waals surface area contributed by atoms with Gasteiger partial charge < -0.3 is 4.42 Å². The van der Waals surface area contributed by atoms with Crippen LogP contribution in [-0.2, 0) is 13.6 Å². The molecule has 0 spiro atoms. The number of hydrogen-bond acceptors (Lipinski definition) is 6. The van der Waals surface area contributed by atoms with Crippen LogP contribution in [0, 0.1) is 13.8 Å². The van der Waals surface area contributed by atoms with Crippen LogP contribution in [0.4, 0.5) is 6.01 Å². The normalized spacial score (nSPS) is 11.0. The number of carbonyl (C=O) groups excluding carboxylic acids is 1. The molecule has 3 aromatic rings. The first-order valence-electron chi connectivity index (χ1n) is 7.18. The monoisotopic (exact) mass is 315 g/mol. The number of hydrogen-bond donors (Lipinski definition) is 1. The van der Waals surface area contributed by atoms with Gasteiger partial charge in [0.25, 0.3) is 11.8 Å². The van der Waals surface area contributed by atoms with Crippen LogP contribution in [0.15, 0.2) is 16.5 Å². The number of nitrogens with zero attached hydrogens (tertiary/aromatic N) is 6. The van der Waals surface area contributed by atoms with E-state index in [2.05, 4.69) is 25.7 Å². The van der Waals surface area contributed by atoms with Crippen LogP contribution in [0.2, 0.25) is 0 Å². The maximum Gasteiger partial charge on any atom is 0.322 e. The zero-order valence-electron chi connectivity index (χ0n) is 13.4. The number of rotatable bonds is 4. The maximum absolute atomic E-state index is 12.3. The molecule has 0 saturated carbocycles. The van der Waals surface area contributed by atoms with Crippen molar-refractivity contribution in [2.24, 2.45) is 7.05 Å². The van der Waals surface area contributed by atoms with Gasteiger partial charge in [-0.2, -0.15) is 10.2 Å². The molecule has 0 bridgehead atoms. The molecule has 3 aromatic heterocycles. The first-order valence-corrected chi connectivity index (χ1v) is 7.18. The lowest BCUT2D eigenvalue weighted by molar-refractivity contribution is 0.101. The summed E-state index contributed by atoms with van der Waals surface area (Å²) in [5.41, 5.74) is 2.74. The van der Waals surface area contributed by atoms with Crippen molar-refractivity contribution in [1.82, 2.24) is 29.8 Å². The Hall–Kier alpha value is -2.97.